The van der Waals surface area contributed by atoms with Crippen LogP contribution in [0.1, 0.15) is 11.1 Å². The lowest BCUT2D eigenvalue weighted by molar-refractivity contribution is 0.304. The van der Waals surface area contributed by atoms with Crippen molar-refractivity contribution in [2.45, 2.75) is 13.2 Å². The number of ether oxygens (including phenoxy) is 2. The van der Waals surface area contributed by atoms with Crippen molar-refractivity contribution in [2.75, 3.05) is 0 Å². The summed E-state index contributed by atoms with van der Waals surface area (Å²) < 4.78 is 282. The highest BCUT2D eigenvalue weighted by Gasteiger charge is 2.30. The molecule has 7 N–H and O–H groups in total. The molecule has 41 heteroatoms. The monoisotopic (exact) mass is 1250 g/mol. The summed E-state index contributed by atoms with van der Waals surface area (Å²) in [7, 11) is -38.0. The molecule has 2 aromatic heterocycles. The molecule has 2 heterocycles. The first kappa shape index (κ1) is 58.8. The Morgan fingerprint density at radius 1 is 0.342 bits per heavy atom. The van der Waals surface area contributed by atoms with E-state index in [1.807, 2.05) is 0 Å². The Balaban J connectivity index is 1.25. The van der Waals surface area contributed by atoms with E-state index in [0.29, 0.717) is 30.3 Å². The first-order valence-corrected chi connectivity index (χ1v) is 29.4. The van der Waals surface area contributed by atoms with Gasteiger partial charge in [-0.05, 0) is 53.6 Å². The fraction of sp³-hybridized carbons (Fsp3) is 0.0526. The molecular formula is C38H26O34S7. The number of hydrogen-bond acceptors (Lipinski definition) is 27. The summed E-state index contributed by atoms with van der Waals surface area (Å²) in [6.07, 6.45) is 0. The van der Waals surface area contributed by atoms with E-state index in [9.17, 15) is 91.3 Å². The van der Waals surface area contributed by atoms with Crippen molar-refractivity contribution in [2.24, 2.45) is 0 Å². The SMILES string of the molecule is O=c1c(OS(=O)(=O)O)c(-c2ccc(OS(=O)(=O)O)cc2)oc2cc(OS(=O)(=O)O)cc(OCc3ccc(COc4cc(OS(=O)(=O)O)cc5oc(-c6ccc(OS(=O)(=O)O)c(OS(=O)(=O)O)c6)c(OS(=O)(=O)O)c(=O)c45)cc3)c12. The maximum atomic E-state index is 14.1. The minimum absolute atomic E-state index is 0.152. The van der Waals surface area contributed by atoms with Gasteiger partial charge in [0.25, 0.3) is 0 Å². The first-order chi connectivity index (χ1) is 36.3. The third-order valence-corrected chi connectivity index (χ3v) is 12.0. The van der Waals surface area contributed by atoms with E-state index in [0.717, 1.165) is 36.4 Å². The Morgan fingerprint density at radius 3 is 1.06 bits per heavy atom. The lowest BCUT2D eigenvalue weighted by Gasteiger charge is -2.15. The molecule has 34 nitrogen and oxygen atoms in total. The minimum Gasteiger partial charge on any atom is -0.488 e. The summed E-state index contributed by atoms with van der Waals surface area (Å²) in [6, 6.07) is 13.2. The van der Waals surface area contributed by atoms with Gasteiger partial charge < -0.3 is 47.6 Å². The summed E-state index contributed by atoms with van der Waals surface area (Å²) in [5, 5.41) is -1.55. The Hall–Kier alpha value is -7.91. The summed E-state index contributed by atoms with van der Waals surface area (Å²) in [5.41, 5.74) is -5.19. The van der Waals surface area contributed by atoms with Gasteiger partial charge in [0.1, 0.15) is 52.4 Å². The Labute approximate surface area is 441 Å². The van der Waals surface area contributed by atoms with Crippen LogP contribution < -0.4 is 49.6 Å². The number of rotatable bonds is 22. The maximum absolute atomic E-state index is 14.1. The largest absolute Gasteiger partial charge is 0.488 e. The zero-order valence-corrected chi connectivity index (χ0v) is 43.3. The molecule has 0 saturated carbocycles. The van der Waals surface area contributed by atoms with Gasteiger partial charge in [0.15, 0.2) is 34.5 Å². The van der Waals surface area contributed by atoms with Crippen LogP contribution in [-0.4, -0.2) is 90.8 Å². The van der Waals surface area contributed by atoms with Crippen LogP contribution in [0.3, 0.4) is 0 Å². The third kappa shape index (κ3) is 16.1. The van der Waals surface area contributed by atoms with Crippen LogP contribution in [-0.2, 0) is 86.0 Å². The topological polar surface area (TPSA) is 524 Å². The molecule has 0 saturated heterocycles. The van der Waals surface area contributed by atoms with E-state index < -0.39 is 188 Å². The summed E-state index contributed by atoms with van der Waals surface area (Å²) in [4.78, 5) is 28.1. The first-order valence-electron chi connectivity index (χ1n) is 19.8. The van der Waals surface area contributed by atoms with Crippen molar-refractivity contribution in [1.82, 2.24) is 0 Å². The highest BCUT2D eigenvalue weighted by atomic mass is 32.3. The predicted octanol–water partition coefficient (Wildman–Crippen LogP) is 2.66. The van der Waals surface area contributed by atoms with E-state index in [2.05, 4.69) is 29.3 Å². The highest BCUT2D eigenvalue weighted by Crippen LogP contribution is 2.42. The minimum atomic E-state index is -5.72. The van der Waals surface area contributed by atoms with Gasteiger partial charge in [-0.2, -0.15) is 58.9 Å². The molecule has 0 aliphatic heterocycles. The van der Waals surface area contributed by atoms with Crippen LogP contribution in [0.4, 0.5) is 0 Å². The maximum Gasteiger partial charge on any atom is 0.446 e. The molecule has 0 radical (unpaired) electrons. The van der Waals surface area contributed by atoms with Gasteiger partial charge in [-0.25, -0.2) is 0 Å². The molecule has 79 heavy (non-hydrogen) atoms. The van der Waals surface area contributed by atoms with Gasteiger partial charge in [-0.15, -0.1) is 0 Å². The molecule has 0 spiro atoms. The zero-order valence-electron chi connectivity index (χ0n) is 37.6. The molecule has 0 aliphatic rings. The summed E-state index contributed by atoms with van der Waals surface area (Å²) in [5.74, 6) is -10.7. The van der Waals surface area contributed by atoms with Crippen molar-refractivity contribution >= 4 is 94.7 Å². The van der Waals surface area contributed by atoms with Gasteiger partial charge in [0.05, 0.1) is 0 Å². The Bertz CT molecular complexity index is 4560. The molecule has 7 rings (SSSR count). The van der Waals surface area contributed by atoms with Crippen molar-refractivity contribution in [3.05, 3.63) is 123 Å². The van der Waals surface area contributed by atoms with Crippen LogP contribution >= 0.6 is 0 Å². The smallest absolute Gasteiger partial charge is 0.446 e. The molecule has 7 aromatic rings. The van der Waals surface area contributed by atoms with Crippen LogP contribution in [0.2, 0.25) is 0 Å². The molecule has 0 unspecified atom stereocenters. The Kier molecular flexibility index (Phi) is 15.9. The van der Waals surface area contributed by atoms with E-state index >= 15 is 0 Å². The molecule has 5 aromatic carbocycles. The van der Waals surface area contributed by atoms with Gasteiger partial charge in [-0.3, -0.25) is 41.5 Å². The molecular weight excluding hydrogens is 1220 g/mol. The van der Waals surface area contributed by atoms with E-state index in [4.69, 9.17) is 27.4 Å². The van der Waals surface area contributed by atoms with E-state index in [1.54, 1.807) is 0 Å². The second-order valence-corrected chi connectivity index (χ2v) is 22.1. The van der Waals surface area contributed by atoms with Crippen LogP contribution in [0.15, 0.2) is 109 Å². The molecule has 0 fully saturated rings. The second-order valence-electron chi connectivity index (χ2n) is 14.9. The van der Waals surface area contributed by atoms with Crippen molar-refractivity contribution < 1.29 is 138 Å². The fourth-order valence-corrected chi connectivity index (χ4v) is 9.12. The standard InChI is InChI=1S/C38H26O34S7/c39-33-31-27(12-23(67-74(44,45)46)14-29(31)64-35(37(33)71-78(56,57)58)20-5-8-22(9-6-20)66-73(41,42)43)62-16-18-1-3-19(4-2-18)17-63-28-13-24(68-75(47,48)49)15-30-32(28)34(40)38(72-79(59,60)61)36(65-30)21-7-10-25(69-76(50,51)52)26(11-21)70-77(53,54)55/h1-15H,16-17H2,(H,41,42,43)(H,44,45,46)(H,47,48,49)(H,50,51,52)(H,53,54,55)(H,56,57,58)(H,59,60,61). The van der Waals surface area contributed by atoms with Gasteiger partial charge in [-0.1, -0.05) is 24.3 Å². The van der Waals surface area contributed by atoms with Crippen molar-refractivity contribution in [1.29, 1.82) is 0 Å². The number of hydrogen-bond donors (Lipinski definition) is 7. The highest BCUT2D eigenvalue weighted by molar-refractivity contribution is 7.82. The van der Waals surface area contributed by atoms with Gasteiger partial charge in [0, 0.05) is 35.4 Å². The second kappa shape index (κ2) is 21.4. The lowest BCUT2D eigenvalue weighted by Crippen LogP contribution is -2.16. The van der Waals surface area contributed by atoms with Crippen molar-refractivity contribution in [3.8, 4) is 74.4 Å². The number of fused-ring (bicyclic) bond motifs is 2. The zero-order chi connectivity index (χ0) is 58.4. The summed E-state index contributed by atoms with van der Waals surface area (Å²) in [6.45, 7) is -1.22. The molecule has 0 amide bonds. The van der Waals surface area contributed by atoms with Crippen molar-refractivity contribution in [3.63, 3.8) is 0 Å². The van der Waals surface area contributed by atoms with E-state index in [-0.39, 0.29) is 16.7 Å². The Morgan fingerprint density at radius 2 is 0.684 bits per heavy atom. The molecule has 0 aliphatic carbocycles. The quantitative estimate of drug-likeness (QED) is 0.0480. The van der Waals surface area contributed by atoms with Gasteiger partial charge in [0.2, 0.25) is 22.4 Å². The molecule has 0 atom stereocenters. The van der Waals surface area contributed by atoms with Crippen LogP contribution in [0.25, 0.3) is 44.6 Å². The van der Waals surface area contributed by atoms with Crippen LogP contribution in [0.5, 0.6) is 51.7 Å². The molecule has 0 bridgehead atoms. The normalized spacial score (nSPS) is 12.6. The molecule has 424 valence electrons. The third-order valence-electron chi connectivity index (χ3n) is 9.29. The van der Waals surface area contributed by atoms with Gasteiger partial charge >= 0.3 is 72.8 Å². The lowest BCUT2D eigenvalue weighted by atomic mass is 10.1. The fourth-order valence-electron chi connectivity index (χ4n) is 6.64. The summed E-state index contributed by atoms with van der Waals surface area (Å²) >= 11 is 0. The van der Waals surface area contributed by atoms with Crippen LogP contribution in [0, 0.1) is 0 Å². The predicted molar refractivity (Wildman–Crippen MR) is 256 cm³/mol. The average Bonchev–Trinajstić information content (AvgIpc) is 3.31. The average molecular weight is 1250 g/mol. The number of benzene rings is 5. The van der Waals surface area contributed by atoms with E-state index in [1.165, 1.54) is 24.3 Å².